The van der Waals surface area contributed by atoms with Gasteiger partial charge in [-0.3, -0.25) is 4.79 Å². The number of methoxy groups -OCH3 is 1. The fraction of sp³-hybridized carbons (Fsp3) is 0.0769. The van der Waals surface area contributed by atoms with Gasteiger partial charge in [0.1, 0.15) is 0 Å². The molecule has 0 spiro atoms. The van der Waals surface area contributed by atoms with Crippen molar-refractivity contribution in [3.63, 3.8) is 0 Å². The first-order chi connectivity index (χ1) is 9.52. The van der Waals surface area contributed by atoms with Gasteiger partial charge in [-0.1, -0.05) is 15.9 Å². The van der Waals surface area contributed by atoms with Gasteiger partial charge in [-0.25, -0.2) is 4.79 Å². The first-order valence-corrected chi connectivity index (χ1v) is 7.03. The molecule has 0 saturated carbocycles. The maximum Gasteiger partial charge on any atom is 0.340 e. The number of ether oxygens (including phenoxy) is 1. The van der Waals surface area contributed by atoms with Gasteiger partial charge >= 0.3 is 5.97 Å². The largest absolute Gasteiger partial charge is 0.465 e. The number of esters is 1. The summed E-state index contributed by atoms with van der Waals surface area (Å²) in [5, 5.41) is 2.62. The number of anilines is 1. The predicted molar refractivity (Wildman–Crippen MR) is 79.8 cm³/mol. The Morgan fingerprint density at radius 3 is 2.65 bits per heavy atom. The lowest BCUT2D eigenvalue weighted by Crippen LogP contribution is -2.15. The molecule has 1 N–H and O–H groups in total. The second-order valence-electron chi connectivity index (χ2n) is 3.73. The summed E-state index contributed by atoms with van der Waals surface area (Å²) in [5.74, 6) is -0.861. The fourth-order valence-electron chi connectivity index (χ4n) is 1.55. The van der Waals surface area contributed by atoms with Crippen molar-refractivity contribution in [1.82, 2.24) is 0 Å². The van der Waals surface area contributed by atoms with Crippen LogP contribution in [0.4, 0.5) is 5.69 Å². The fourth-order valence-corrected chi connectivity index (χ4v) is 2.88. The number of benzene rings is 1. The molecule has 1 amide bonds. The average molecular weight is 403 g/mol. The standard InChI is InChI=1S/C13H9Br2NO4/c1-19-13(18)8-5-7(14)6-9(15)11(8)16-12(17)10-3-2-4-20-10/h2-6H,1H3,(H,16,17). The third kappa shape index (κ3) is 3.10. The van der Waals surface area contributed by atoms with Crippen LogP contribution >= 0.6 is 31.9 Å². The predicted octanol–water partition coefficient (Wildman–Crippen LogP) is 3.84. The van der Waals surface area contributed by atoms with Crippen LogP contribution in [-0.4, -0.2) is 19.0 Å². The second-order valence-corrected chi connectivity index (χ2v) is 5.50. The number of halogens is 2. The monoisotopic (exact) mass is 401 g/mol. The van der Waals surface area contributed by atoms with Crippen molar-refractivity contribution in [3.8, 4) is 0 Å². The van der Waals surface area contributed by atoms with Crippen LogP contribution in [0.5, 0.6) is 0 Å². The zero-order valence-electron chi connectivity index (χ0n) is 10.3. The van der Waals surface area contributed by atoms with Gasteiger partial charge in [0.05, 0.1) is 24.6 Å². The highest BCUT2D eigenvalue weighted by molar-refractivity contribution is 9.11. The van der Waals surface area contributed by atoms with Gasteiger partial charge in [-0.05, 0) is 40.2 Å². The van der Waals surface area contributed by atoms with Crippen LogP contribution in [-0.2, 0) is 4.74 Å². The molecule has 0 aliphatic heterocycles. The van der Waals surface area contributed by atoms with Gasteiger partial charge in [0.25, 0.3) is 5.91 Å². The van der Waals surface area contributed by atoms with E-state index in [-0.39, 0.29) is 11.3 Å². The van der Waals surface area contributed by atoms with Crippen LogP contribution in [0.15, 0.2) is 43.9 Å². The number of amides is 1. The van der Waals surface area contributed by atoms with Gasteiger partial charge in [0, 0.05) is 8.95 Å². The first-order valence-electron chi connectivity index (χ1n) is 5.45. The number of furan rings is 1. The Morgan fingerprint density at radius 1 is 1.30 bits per heavy atom. The number of carbonyl (C=O) groups is 2. The summed E-state index contributed by atoms with van der Waals surface area (Å²) in [6.45, 7) is 0. The molecule has 0 unspecified atom stereocenters. The third-order valence-electron chi connectivity index (χ3n) is 2.44. The van der Waals surface area contributed by atoms with E-state index in [1.165, 1.54) is 19.4 Å². The third-order valence-corrected chi connectivity index (χ3v) is 3.53. The number of carbonyl (C=O) groups excluding carboxylic acids is 2. The molecule has 0 aliphatic rings. The highest BCUT2D eigenvalue weighted by Gasteiger charge is 2.19. The Labute approximate surface area is 131 Å². The van der Waals surface area contributed by atoms with E-state index in [1.54, 1.807) is 18.2 Å². The number of rotatable bonds is 3. The Kier molecular flexibility index (Phi) is 4.61. The SMILES string of the molecule is COC(=O)c1cc(Br)cc(Br)c1NC(=O)c1ccco1. The smallest absolute Gasteiger partial charge is 0.340 e. The normalized spacial score (nSPS) is 10.2. The number of hydrogen-bond donors (Lipinski definition) is 1. The topological polar surface area (TPSA) is 68.5 Å². The minimum Gasteiger partial charge on any atom is -0.465 e. The maximum absolute atomic E-state index is 12.0. The Morgan fingerprint density at radius 2 is 2.05 bits per heavy atom. The van der Waals surface area contributed by atoms with Gasteiger partial charge < -0.3 is 14.5 Å². The molecule has 20 heavy (non-hydrogen) atoms. The number of hydrogen-bond acceptors (Lipinski definition) is 4. The molecule has 7 heteroatoms. The van der Waals surface area contributed by atoms with Crippen LogP contribution in [0.25, 0.3) is 0 Å². The van der Waals surface area contributed by atoms with Crippen LogP contribution in [0.1, 0.15) is 20.9 Å². The molecule has 1 aromatic heterocycles. The lowest BCUT2D eigenvalue weighted by molar-refractivity contribution is 0.0602. The summed E-state index contributed by atoms with van der Waals surface area (Å²) < 4.78 is 10.9. The van der Waals surface area contributed by atoms with E-state index in [0.717, 1.165) is 0 Å². The summed E-state index contributed by atoms with van der Waals surface area (Å²) in [4.78, 5) is 23.8. The van der Waals surface area contributed by atoms with Crippen molar-refractivity contribution in [1.29, 1.82) is 0 Å². The van der Waals surface area contributed by atoms with Crippen LogP contribution < -0.4 is 5.32 Å². The molecular weight excluding hydrogens is 394 g/mol. The van der Waals surface area contributed by atoms with Crippen molar-refractivity contribution in [2.24, 2.45) is 0 Å². The lowest BCUT2D eigenvalue weighted by Gasteiger charge is -2.11. The molecule has 0 radical (unpaired) electrons. The molecule has 104 valence electrons. The molecule has 1 aromatic carbocycles. The molecule has 5 nitrogen and oxygen atoms in total. The van der Waals surface area contributed by atoms with Crippen molar-refractivity contribution < 1.29 is 18.7 Å². The zero-order chi connectivity index (χ0) is 14.7. The Balaban J connectivity index is 2.40. The first kappa shape index (κ1) is 14.8. The van der Waals surface area contributed by atoms with Crippen molar-refractivity contribution in [3.05, 3.63) is 50.8 Å². The summed E-state index contributed by atoms with van der Waals surface area (Å²) in [6.07, 6.45) is 1.40. The molecule has 0 fully saturated rings. The molecule has 0 aliphatic carbocycles. The maximum atomic E-state index is 12.0. The average Bonchev–Trinajstić information content (AvgIpc) is 2.94. The van der Waals surface area contributed by atoms with Gasteiger partial charge in [0.15, 0.2) is 5.76 Å². The van der Waals surface area contributed by atoms with Gasteiger partial charge in [-0.15, -0.1) is 0 Å². The Hall–Kier alpha value is -1.60. The van der Waals surface area contributed by atoms with E-state index in [1.807, 2.05) is 0 Å². The van der Waals surface area contributed by atoms with Crippen LogP contribution in [0, 0.1) is 0 Å². The lowest BCUT2D eigenvalue weighted by atomic mass is 10.1. The van der Waals surface area contributed by atoms with E-state index < -0.39 is 11.9 Å². The quantitative estimate of drug-likeness (QED) is 0.792. The highest BCUT2D eigenvalue weighted by atomic mass is 79.9. The van der Waals surface area contributed by atoms with Crippen LogP contribution in [0.3, 0.4) is 0 Å². The van der Waals surface area contributed by atoms with Crippen LogP contribution in [0.2, 0.25) is 0 Å². The van der Waals surface area contributed by atoms with Crippen molar-refractivity contribution in [2.75, 3.05) is 12.4 Å². The summed E-state index contributed by atoms with van der Waals surface area (Å²) in [7, 11) is 1.27. The van der Waals surface area contributed by atoms with Gasteiger partial charge in [-0.2, -0.15) is 0 Å². The molecule has 0 saturated heterocycles. The Bertz CT molecular complexity index is 653. The number of nitrogens with one attached hydrogen (secondary N) is 1. The summed E-state index contributed by atoms with van der Waals surface area (Å²) in [5.41, 5.74) is 0.551. The molecule has 2 aromatic rings. The van der Waals surface area contributed by atoms with E-state index >= 15 is 0 Å². The molecule has 1 heterocycles. The molecule has 2 rings (SSSR count). The second kappa shape index (κ2) is 6.23. The highest BCUT2D eigenvalue weighted by Crippen LogP contribution is 2.31. The molecule has 0 bridgehead atoms. The van der Waals surface area contributed by atoms with E-state index in [0.29, 0.717) is 14.6 Å². The minimum atomic E-state index is -0.554. The van der Waals surface area contributed by atoms with Gasteiger partial charge in [0.2, 0.25) is 0 Å². The zero-order valence-corrected chi connectivity index (χ0v) is 13.4. The molecular formula is C13H9Br2NO4. The minimum absolute atomic E-state index is 0.149. The van der Waals surface area contributed by atoms with E-state index in [2.05, 4.69) is 37.2 Å². The van der Waals surface area contributed by atoms with Crippen molar-refractivity contribution >= 4 is 49.4 Å². The van der Waals surface area contributed by atoms with Crippen molar-refractivity contribution in [2.45, 2.75) is 0 Å². The summed E-state index contributed by atoms with van der Waals surface area (Å²) in [6, 6.07) is 6.41. The van der Waals surface area contributed by atoms with E-state index in [9.17, 15) is 9.59 Å². The molecule has 0 atom stereocenters. The summed E-state index contributed by atoms with van der Waals surface area (Å²) >= 11 is 6.58. The van der Waals surface area contributed by atoms with E-state index in [4.69, 9.17) is 9.15 Å².